The monoisotopic (exact) mass is 261 g/mol. The maximum atomic E-state index is 11.4. The van der Waals surface area contributed by atoms with Gasteiger partial charge in [0.15, 0.2) is 5.69 Å². The van der Waals surface area contributed by atoms with Crippen LogP contribution in [0.2, 0.25) is 0 Å². The number of hydrogen-bond donors (Lipinski definition) is 2. The Labute approximate surface area is 112 Å². The number of nitrogens with zero attached hydrogens (tertiary/aromatic N) is 2. The van der Waals surface area contributed by atoms with E-state index in [1.54, 1.807) is 6.20 Å². The highest BCUT2D eigenvalue weighted by Crippen LogP contribution is 2.28. The average Bonchev–Trinajstić information content (AvgIpc) is 2.39. The van der Waals surface area contributed by atoms with Crippen LogP contribution in [0.5, 0.6) is 0 Å². The molecule has 0 saturated heterocycles. The summed E-state index contributed by atoms with van der Waals surface area (Å²) in [6.45, 7) is 3.92. The molecule has 5 heteroatoms. The molecule has 0 saturated carbocycles. The molecular formula is C14H19N3O2. The molecule has 1 aliphatic carbocycles. The van der Waals surface area contributed by atoms with Gasteiger partial charge in [0, 0.05) is 17.8 Å². The summed E-state index contributed by atoms with van der Waals surface area (Å²) in [5.74, 6) is -0.636. The zero-order chi connectivity index (χ0) is 13.8. The van der Waals surface area contributed by atoms with Crippen molar-refractivity contribution in [1.29, 1.82) is 0 Å². The van der Waals surface area contributed by atoms with Gasteiger partial charge >= 0.3 is 5.97 Å². The highest BCUT2D eigenvalue weighted by atomic mass is 16.4. The number of aromatic nitrogens is 2. The van der Waals surface area contributed by atoms with E-state index in [0.717, 1.165) is 24.8 Å². The third-order valence-electron chi connectivity index (χ3n) is 3.05. The largest absolute Gasteiger partial charge is 0.476 e. The van der Waals surface area contributed by atoms with Gasteiger partial charge in [0.1, 0.15) is 0 Å². The number of nitrogens with one attached hydrogen (secondary N) is 1. The van der Waals surface area contributed by atoms with E-state index in [1.807, 2.05) is 13.8 Å². The van der Waals surface area contributed by atoms with E-state index in [1.165, 1.54) is 6.42 Å². The molecule has 0 fully saturated rings. The van der Waals surface area contributed by atoms with Gasteiger partial charge in [-0.05, 0) is 45.1 Å². The molecule has 2 rings (SSSR count). The van der Waals surface area contributed by atoms with Gasteiger partial charge in [-0.15, -0.1) is 0 Å². The number of anilines is 1. The Balaban J connectivity index is 2.37. The van der Waals surface area contributed by atoms with Crippen molar-refractivity contribution in [2.45, 2.75) is 45.6 Å². The Hall–Kier alpha value is -1.91. The van der Waals surface area contributed by atoms with Crippen LogP contribution in [0, 0.1) is 0 Å². The third-order valence-corrected chi connectivity index (χ3v) is 3.05. The van der Waals surface area contributed by atoms with Crippen LogP contribution in [0.1, 0.15) is 55.6 Å². The van der Waals surface area contributed by atoms with Gasteiger partial charge in [-0.1, -0.05) is 6.08 Å². The number of hydrogen-bond acceptors (Lipinski definition) is 4. The van der Waals surface area contributed by atoms with Crippen molar-refractivity contribution in [3.63, 3.8) is 0 Å². The van der Waals surface area contributed by atoms with Gasteiger partial charge < -0.3 is 10.4 Å². The van der Waals surface area contributed by atoms with E-state index >= 15 is 0 Å². The lowest BCUT2D eigenvalue weighted by Gasteiger charge is -2.15. The molecular weight excluding hydrogens is 242 g/mol. The second-order valence-electron chi connectivity index (χ2n) is 5.04. The SMILES string of the molecule is CC(C)Nc1ncc(C2=CCCCC2)c(C(=O)O)n1. The van der Waals surface area contributed by atoms with Crippen molar-refractivity contribution in [1.82, 2.24) is 9.97 Å². The van der Waals surface area contributed by atoms with E-state index in [9.17, 15) is 9.90 Å². The van der Waals surface area contributed by atoms with Crippen LogP contribution >= 0.6 is 0 Å². The topological polar surface area (TPSA) is 75.1 Å². The lowest BCUT2D eigenvalue weighted by molar-refractivity contribution is 0.0690. The van der Waals surface area contributed by atoms with Crippen LogP contribution in [0.15, 0.2) is 12.3 Å². The smallest absolute Gasteiger partial charge is 0.355 e. The number of allylic oxidation sites excluding steroid dienone is 2. The van der Waals surface area contributed by atoms with Crippen molar-refractivity contribution in [3.05, 3.63) is 23.5 Å². The molecule has 0 amide bonds. The van der Waals surface area contributed by atoms with Crippen LogP contribution in [0.4, 0.5) is 5.95 Å². The fourth-order valence-electron chi connectivity index (χ4n) is 2.19. The van der Waals surface area contributed by atoms with Crippen molar-refractivity contribution in [2.24, 2.45) is 0 Å². The molecule has 0 unspecified atom stereocenters. The summed E-state index contributed by atoms with van der Waals surface area (Å²) < 4.78 is 0. The molecule has 102 valence electrons. The van der Waals surface area contributed by atoms with Crippen molar-refractivity contribution >= 4 is 17.5 Å². The summed E-state index contributed by atoms with van der Waals surface area (Å²) in [6.07, 6.45) is 7.89. The summed E-state index contributed by atoms with van der Waals surface area (Å²) >= 11 is 0. The normalized spacial score (nSPS) is 15.2. The van der Waals surface area contributed by atoms with Crippen LogP contribution in [-0.2, 0) is 0 Å². The number of rotatable bonds is 4. The van der Waals surface area contributed by atoms with E-state index < -0.39 is 5.97 Å². The van der Waals surface area contributed by atoms with Gasteiger partial charge in [-0.2, -0.15) is 0 Å². The van der Waals surface area contributed by atoms with Crippen molar-refractivity contribution in [2.75, 3.05) is 5.32 Å². The lowest BCUT2D eigenvalue weighted by Crippen LogP contribution is -2.16. The van der Waals surface area contributed by atoms with E-state index in [0.29, 0.717) is 11.5 Å². The predicted octanol–water partition coefficient (Wildman–Crippen LogP) is 2.95. The molecule has 2 N–H and O–H groups in total. The first kappa shape index (κ1) is 13.5. The summed E-state index contributed by atoms with van der Waals surface area (Å²) in [5.41, 5.74) is 1.80. The zero-order valence-corrected chi connectivity index (χ0v) is 11.3. The Morgan fingerprint density at radius 1 is 1.42 bits per heavy atom. The first-order valence-electron chi connectivity index (χ1n) is 6.64. The Morgan fingerprint density at radius 2 is 2.21 bits per heavy atom. The van der Waals surface area contributed by atoms with Gasteiger partial charge in [0.25, 0.3) is 0 Å². The second-order valence-corrected chi connectivity index (χ2v) is 5.04. The quantitative estimate of drug-likeness (QED) is 0.871. The summed E-state index contributed by atoms with van der Waals surface area (Å²) in [7, 11) is 0. The Bertz CT molecular complexity index is 509. The first-order chi connectivity index (χ1) is 9.08. The molecule has 19 heavy (non-hydrogen) atoms. The fourth-order valence-corrected chi connectivity index (χ4v) is 2.19. The van der Waals surface area contributed by atoms with Crippen LogP contribution in [-0.4, -0.2) is 27.1 Å². The standard InChI is InChI=1S/C14H19N3O2/c1-9(2)16-14-15-8-11(12(17-14)13(18)19)10-6-4-3-5-7-10/h6,8-9H,3-5,7H2,1-2H3,(H,18,19)(H,15,16,17). The molecule has 0 aromatic carbocycles. The van der Waals surface area contributed by atoms with E-state index in [4.69, 9.17) is 0 Å². The summed E-state index contributed by atoms with van der Waals surface area (Å²) in [4.78, 5) is 19.7. The highest BCUT2D eigenvalue weighted by molar-refractivity contribution is 5.92. The predicted molar refractivity (Wildman–Crippen MR) is 74.2 cm³/mol. The summed E-state index contributed by atoms with van der Waals surface area (Å²) in [5, 5.41) is 12.3. The number of carboxylic acids is 1. The van der Waals surface area contributed by atoms with Crippen LogP contribution < -0.4 is 5.32 Å². The van der Waals surface area contributed by atoms with Crippen molar-refractivity contribution in [3.8, 4) is 0 Å². The first-order valence-corrected chi connectivity index (χ1v) is 6.64. The van der Waals surface area contributed by atoms with Gasteiger partial charge in [0.05, 0.1) is 0 Å². The summed E-state index contributed by atoms with van der Waals surface area (Å²) in [6, 6.07) is 0.168. The fraction of sp³-hybridized carbons (Fsp3) is 0.500. The van der Waals surface area contributed by atoms with Crippen molar-refractivity contribution < 1.29 is 9.90 Å². The molecule has 0 bridgehead atoms. The van der Waals surface area contributed by atoms with Gasteiger partial charge in [0.2, 0.25) is 5.95 Å². The zero-order valence-electron chi connectivity index (χ0n) is 11.3. The molecule has 0 atom stereocenters. The molecule has 0 spiro atoms. The minimum absolute atomic E-state index is 0.0892. The second kappa shape index (κ2) is 5.82. The molecule has 1 aromatic rings. The Morgan fingerprint density at radius 3 is 2.79 bits per heavy atom. The van der Waals surface area contributed by atoms with Gasteiger partial charge in [-0.25, -0.2) is 14.8 Å². The van der Waals surface area contributed by atoms with Crippen LogP contribution in [0.3, 0.4) is 0 Å². The maximum Gasteiger partial charge on any atom is 0.355 e. The third kappa shape index (κ3) is 3.30. The van der Waals surface area contributed by atoms with E-state index in [-0.39, 0.29) is 11.7 Å². The Kier molecular flexibility index (Phi) is 4.14. The lowest BCUT2D eigenvalue weighted by atomic mass is 9.93. The minimum Gasteiger partial charge on any atom is -0.476 e. The molecule has 1 aliphatic rings. The van der Waals surface area contributed by atoms with Gasteiger partial charge in [-0.3, -0.25) is 0 Å². The molecule has 1 heterocycles. The average molecular weight is 261 g/mol. The molecule has 0 aliphatic heterocycles. The number of carboxylic acid groups (broad SMARTS) is 1. The molecule has 0 radical (unpaired) electrons. The van der Waals surface area contributed by atoms with E-state index in [2.05, 4.69) is 21.4 Å². The minimum atomic E-state index is -1.00. The number of carbonyl (C=O) groups is 1. The highest BCUT2D eigenvalue weighted by Gasteiger charge is 2.18. The molecule has 1 aromatic heterocycles. The molecule has 5 nitrogen and oxygen atoms in total. The van der Waals surface area contributed by atoms with Crippen LogP contribution in [0.25, 0.3) is 5.57 Å². The maximum absolute atomic E-state index is 11.4. The number of aromatic carboxylic acids is 1.